The number of unbranched alkanes of at least 4 members (excludes halogenated alkanes) is 31. The van der Waals surface area contributed by atoms with E-state index in [0.717, 1.165) is 51.9 Å². The Kier molecular flexibility index (Phi) is 43.5. The summed E-state index contributed by atoms with van der Waals surface area (Å²) >= 11 is 0. The zero-order valence-corrected chi connectivity index (χ0v) is 56.3. The standard InChI is InChI=1S/C68H126N2O23/c1-4-6-8-10-12-14-16-18-19-20-21-22-23-24-25-27-29-31-33-35-37-39-52(77)70-46(47(76)38-36-34-32-30-28-26-17-15-13-11-9-7-5-2)44-86-66-60(84)58(82)62(50(42-73)89-66)91-68-61(85)64(93-67-59(83)57(81)55(79)49(41-72)88-67)63(51(43-74)90-68)92-65-53(69-45(3)75)56(80)54(78)48(40-71)87-65/h36,38,46-51,53-68,71-74,76,78-85H,4-35,37,39-44H2,1-3H3,(H,69,75)(H,70,77)/b38-36+/t46-,47+,48?,49?,50?,51?,53?,54-,55-,56+,57-,58+,59?,60?,61?,62+,63-,64+,65-,66+,67+,68-/m0/s1. The smallest absolute Gasteiger partial charge is 0.220 e. The molecule has 0 spiro atoms. The van der Waals surface area contributed by atoms with E-state index in [9.17, 15) is 76.0 Å². The average Bonchev–Trinajstić information content (AvgIpc) is 0.781. The molecule has 2 amide bonds. The predicted molar refractivity (Wildman–Crippen MR) is 345 cm³/mol. The van der Waals surface area contributed by atoms with Gasteiger partial charge in [-0.25, -0.2) is 0 Å². The summed E-state index contributed by atoms with van der Waals surface area (Å²) in [6.45, 7) is 1.51. The Labute approximate surface area is 553 Å². The van der Waals surface area contributed by atoms with Crippen molar-refractivity contribution in [2.75, 3.05) is 33.0 Å². The molecule has 25 heteroatoms. The van der Waals surface area contributed by atoms with E-state index in [-0.39, 0.29) is 12.3 Å². The summed E-state index contributed by atoms with van der Waals surface area (Å²) in [5.41, 5.74) is 0. The van der Waals surface area contributed by atoms with Crippen molar-refractivity contribution in [2.45, 2.75) is 374 Å². The Hall–Kier alpha value is -2.16. The highest BCUT2D eigenvalue weighted by Crippen LogP contribution is 2.36. The van der Waals surface area contributed by atoms with Gasteiger partial charge in [0.15, 0.2) is 25.2 Å². The molecule has 546 valence electrons. The number of ether oxygens (including phenoxy) is 8. The number of rotatable bonds is 51. The fourth-order valence-corrected chi connectivity index (χ4v) is 12.8. The summed E-state index contributed by atoms with van der Waals surface area (Å²) < 4.78 is 47.5. The molecule has 0 aromatic rings. The number of allylic oxidation sites excluding steroid dienone is 1. The molecule has 4 fully saturated rings. The molecule has 8 unspecified atom stereocenters. The first kappa shape index (κ1) is 83.3. The number of carbonyl (C=O) groups is 2. The quantitative estimate of drug-likeness (QED) is 0.0301. The molecule has 4 aliphatic heterocycles. The van der Waals surface area contributed by atoms with Crippen molar-refractivity contribution in [3.63, 3.8) is 0 Å². The van der Waals surface area contributed by atoms with E-state index in [1.165, 1.54) is 154 Å². The van der Waals surface area contributed by atoms with Crippen molar-refractivity contribution in [1.82, 2.24) is 10.6 Å². The molecule has 0 saturated carbocycles. The van der Waals surface area contributed by atoms with Crippen LogP contribution in [0.5, 0.6) is 0 Å². The maximum absolute atomic E-state index is 13.5. The van der Waals surface area contributed by atoms with Crippen LogP contribution in [-0.2, 0) is 47.5 Å². The van der Waals surface area contributed by atoms with Gasteiger partial charge in [-0.05, 0) is 19.3 Å². The lowest BCUT2D eigenvalue weighted by Crippen LogP contribution is -2.69. The molecule has 0 aromatic heterocycles. The second-order valence-corrected chi connectivity index (χ2v) is 26.4. The summed E-state index contributed by atoms with van der Waals surface area (Å²) in [6, 6.07) is -2.61. The SMILES string of the molecule is CCCCCCCCCCCCC/C=C/[C@@H](O)[C@H](CO[C@@H]1OC(CO)[C@@H](O[C@@H]2OC(CO)[C@H](O[C@@H]3OC(CO)[C@H](O)[C@H](O)C3NC(C)=O)[C@H](O[C@H]3OC(CO)[C@H](O)[C@H](O)C3O)C2O)[C@H](O)C1O)NC(=O)CCCCCCCCCCCCCCCCCCCCCCC. The predicted octanol–water partition coefficient (Wildman–Crippen LogP) is 4.12. The zero-order valence-electron chi connectivity index (χ0n) is 56.3. The first-order valence-electron chi connectivity index (χ1n) is 35.9. The molecule has 4 aliphatic rings. The minimum absolute atomic E-state index is 0.203. The molecule has 4 heterocycles. The van der Waals surface area contributed by atoms with E-state index >= 15 is 0 Å². The first-order valence-corrected chi connectivity index (χ1v) is 35.9. The molecular weight excluding hydrogens is 1210 g/mol. The molecule has 25 nitrogen and oxygen atoms in total. The van der Waals surface area contributed by atoms with E-state index in [0.29, 0.717) is 12.8 Å². The molecule has 4 rings (SSSR count). The van der Waals surface area contributed by atoms with Crippen LogP contribution in [0.15, 0.2) is 12.2 Å². The van der Waals surface area contributed by atoms with Gasteiger partial charge >= 0.3 is 0 Å². The summed E-state index contributed by atoms with van der Waals surface area (Å²) in [5.74, 6) is -1.04. The van der Waals surface area contributed by atoms with Crippen LogP contribution >= 0.6 is 0 Å². The van der Waals surface area contributed by atoms with Gasteiger partial charge in [-0.15, -0.1) is 0 Å². The van der Waals surface area contributed by atoms with Crippen molar-refractivity contribution in [3.05, 3.63) is 12.2 Å². The Bertz CT molecular complexity index is 1930. The van der Waals surface area contributed by atoms with Crippen molar-refractivity contribution in [3.8, 4) is 0 Å². The molecule has 0 aromatic carbocycles. The number of aliphatic hydroxyl groups is 13. The number of hydrogen-bond donors (Lipinski definition) is 15. The van der Waals surface area contributed by atoms with Crippen molar-refractivity contribution < 1.29 is 114 Å². The van der Waals surface area contributed by atoms with E-state index in [1.54, 1.807) is 6.08 Å². The molecule has 0 aliphatic carbocycles. The molecule has 4 saturated heterocycles. The largest absolute Gasteiger partial charge is 0.394 e. The molecular formula is C68H126N2O23. The maximum atomic E-state index is 13.5. The molecule has 15 N–H and O–H groups in total. The lowest BCUT2D eigenvalue weighted by molar-refractivity contribution is -0.395. The van der Waals surface area contributed by atoms with Crippen LogP contribution in [0, 0.1) is 0 Å². The minimum atomic E-state index is -2.17. The number of amides is 2. The van der Waals surface area contributed by atoms with Gasteiger partial charge < -0.3 is 115 Å². The second kappa shape index (κ2) is 48.6. The average molecular weight is 1340 g/mol. The first-order chi connectivity index (χ1) is 45.0. The Morgan fingerprint density at radius 1 is 0.419 bits per heavy atom. The highest BCUT2D eigenvalue weighted by atomic mass is 16.8. The van der Waals surface area contributed by atoms with E-state index in [4.69, 9.17) is 37.9 Å². The minimum Gasteiger partial charge on any atom is -0.394 e. The number of carbonyl (C=O) groups excluding carboxylic acids is 2. The van der Waals surface area contributed by atoms with Gasteiger partial charge in [0.25, 0.3) is 0 Å². The fraction of sp³-hybridized carbons (Fsp3) is 0.941. The summed E-state index contributed by atoms with van der Waals surface area (Å²) in [6.07, 6.45) is 7.41. The van der Waals surface area contributed by atoms with Crippen LogP contribution < -0.4 is 10.6 Å². The van der Waals surface area contributed by atoms with Crippen molar-refractivity contribution in [2.24, 2.45) is 0 Å². The molecule has 22 atom stereocenters. The lowest BCUT2D eigenvalue weighted by Gasteiger charge is -2.50. The van der Waals surface area contributed by atoms with Crippen LogP contribution in [0.4, 0.5) is 0 Å². The van der Waals surface area contributed by atoms with Gasteiger partial charge in [-0.1, -0.05) is 219 Å². The van der Waals surface area contributed by atoms with E-state index < -0.39 is 174 Å². The van der Waals surface area contributed by atoms with Crippen molar-refractivity contribution in [1.29, 1.82) is 0 Å². The van der Waals surface area contributed by atoms with E-state index in [2.05, 4.69) is 24.5 Å². The van der Waals surface area contributed by atoms with Crippen LogP contribution in [0.25, 0.3) is 0 Å². The van der Waals surface area contributed by atoms with Gasteiger partial charge in [-0.3, -0.25) is 9.59 Å². The monoisotopic (exact) mass is 1340 g/mol. The highest BCUT2D eigenvalue weighted by molar-refractivity contribution is 5.76. The zero-order chi connectivity index (χ0) is 67.9. The Balaban J connectivity index is 1.37. The van der Waals surface area contributed by atoms with Crippen molar-refractivity contribution >= 4 is 11.8 Å². The van der Waals surface area contributed by atoms with Crippen LogP contribution in [0.1, 0.15) is 239 Å². The van der Waals surface area contributed by atoms with Crippen LogP contribution in [-0.4, -0.2) is 246 Å². The third kappa shape index (κ3) is 29.7. The van der Waals surface area contributed by atoms with Gasteiger partial charge in [0, 0.05) is 13.3 Å². The maximum Gasteiger partial charge on any atom is 0.220 e. The summed E-state index contributed by atoms with van der Waals surface area (Å²) in [5, 5.41) is 148. The number of aliphatic hydroxyl groups excluding tert-OH is 13. The summed E-state index contributed by atoms with van der Waals surface area (Å²) in [7, 11) is 0. The highest BCUT2D eigenvalue weighted by Gasteiger charge is 2.57. The van der Waals surface area contributed by atoms with Gasteiger partial charge in [0.05, 0.1) is 45.2 Å². The number of nitrogens with one attached hydrogen (secondary N) is 2. The lowest BCUT2D eigenvalue weighted by atomic mass is 9.94. The molecule has 0 bridgehead atoms. The molecule has 0 radical (unpaired) electrons. The topological polar surface area (TPSA) is 395 Å². The molecule has 93 heavy (non-hydrogen) atoms. The van der Waals surface area contributed by atoms with Gasteiger partial charge in [0.2, 0.25) is 11.8 Å². The third-order valence-electron chi connectivity index (χ3n) is 18.6. The van der Waals surface area contributed by atoms with Gasteiger partial charge in [0.1, 0.15) is 97.6 Å². The normalized spacial score (nSPS) is 32.4. The van der Waals surface area contributed by atoms with Crippen LogP contribution in [0.2, 0.25) is 0 Å². The van der Waals surface area contributed by atoms with Gasteiger partial charge in [-0.2, -0.15) is 0 Å². The summed E-state index contributed by atoms with van der Waals surface area (Å²) in [4.78, 5) is 25.8. The van der Waals surface area contributed by atoms with E-state index in [1.807, 2.05) is 6.08 Å². The Morgan fingerprint density at radius 3 is 1.27 bits per heavy atom. The van der Waals surface area contributed by atoms with Crippen LogP contribution in [0.3, 0.4) is 0 Å². The second-order valence-electron chi connectivity index (χ2n) is 26.4. The third-order valence-corrected chi connectivity index (χ3v) is 18.6. The fourth-order valence-electron chi connectivity index (χ4n) is 12.8. The Morgan fingerprint density at radius 2 is 0.796 bits per heavy atom. The number of hydrogen-bond acceptors (Lipinski definition) is 23.